The van der Waals surface area contributed by atoms with E-state index in [0.29, 0.717) is 31.7 Å². The zero-order valence-corrected chi connectivity index (χ0v) is 12.5. The SMILES string of the molecule is CCCCC(=O)N1CCCN(C(=O)c2cnccn2)CC1. The van der Waals surface area contributed by atoms with Gasteiger partial charge in [-0.2, -0.15) is 0 Å². The lowest BCUT2D eigenvalue weighted by molar-refractivity contribution is -0.131. The molecule has 6 heteroatoms. The number of rotatable bonds is 4. The summed E-state index contributed by atoms with van der Waals surface area (Å²) in [4.78, 5) is 36.0. The van der Waals surface area contributed by atoms with Crippen molar-refractivity contribution in [2.75, 3.05) is 26.2 Å². The van der Waals surface area contributed by atoms with Gasteiger partial charge in [0.05, 0.1) is 6.20 Å². The Bertz CT molecular complexity index is 478. The molecule has 1 saturated heterocycles. The monoisotopic (exact) mass is 290 g/mol. The van der Waals surface area contributed by atoms with Gasteiger partial charge in [-0.1, -0.05) is 13.3 Å². The van der Waals surface area contributed by atoms with Crippen molar-refractivity contribution in [2.24, 2.45) is 0 Å². The quantitative estimate of drug-likeness (QED) is 0.839. The maximum absolute atomic E-state index is 12.3. The van der Waals surface area contributed by atoms with Gasteiger partial charge in [0.2, 0.25) is 5.91 Å². The van der Waals surface area contributed by atoms with Gasteiger partial charge in [-0.25, -0.2) is 4.98 Å². The molecule has 1 aliphatic heterocycles. The van der Waals surface area contributed by atoms with Gasteiger partial charge in [0, 0.05) is 45.0 Å². The van der Waals surface area contributed by atoms with Crippen molar-refractivity contribution < 1.29 is 9.59 Å². The second kappa shape index (κ2) is 7.71. The van der Waals surface area contributed by atoms with E-state index < -0.39 is 0 Å². The summed E-state index contributed by atoms with van der Waals surface area (Å²) in [5, 5.41) is 0. The molecule has 0 spiro atoms. The molecule has 2 heterocycles. The van der Waals surface area contributed by atoms with Gasteiger partial charge in [-0.3, -0.25) is 14.6 Å². The fourth-order valence-electron chi connectivity index (χ4n) is 2.43. The Morgan fingerprint density at radius 3 is 2.62 bits per heavy atom. The number of carbonyl (C=O) groups is 2. The molecule has 2 amide bonds. The number of amides is 2. The van der Waals surface area contributed by atoms with Crippen LogP contribution < -0.4 is 0 Å². The number of hydrogen-bond acceptors (Lipinski definition) is 4. The molecule has 1 aliphatic rings. The van der Waals surface area contributed by atoms with Crippen molar-refractivity contribution in [1.82, 2.24) is 19.8 Å². The van der Waals surface area contributed by atoms with Crippen molar-refractivity contribution in [2.45, 2.75) is 32.6 Å². The molecule has 1 fully saturated rings. The van der Waals surface area contributed by atoms with Crippen LogP contribution in [-0.2, 0) is 4.79 Å². The molecule has 6 nitrogen and oxygen atoms in total. The van der Waals surface area contributed by atoms with Gasteiger partial charge < -0.3 is 9.80 Å². The smallest absolute Gasteiger partial charge is 0.274 e. The second-order valence-corrected chi connectivity index (χ2v) is 5.22. The van der Waals surface area contributed by atoms with Crippen molar-refractivity contribution in [1.29, 1.82) is 0 Å². The van der Waals surface area contributed by atoms with E-state index in [4.69, 9.17) is 0 Å². The minimum absolute atomic E-state index is 0.106. The second-order valence-electron chi connectivity index (χ2n) is 5.22. The first kappa shape index (κ1) is 15.4. The van der Waals surface area contributed by atoms with E-state index in [-0.39, 0.29) is 11.8 Å². The standard InChI is InChI=1S/C15H22N4O2/c1-2-3-5-14(20)18-8-4-9-19(11-10-18)15(21)13-12-16-6-7-17-13/h6-7,12H,2-5,8-11H2,1H3. The molecule has 1 aromatic rings. The van der Waals surface area contributed by atoms with Crippen LogP contribution in [0.3, 0.4) is 0 Å². The van der Waals surface area contributed by atoms with Crippen LogP contribution in [0.4, 0.5) is 0 Å². The predicted molar refractivity (Wildman–Crippen MR) is 78.7 cm³/mol. The highest BCUT2D eigenvalue weighted by Crippen LogP contribution is 2.09. The zero-order valence-electron chi connectivity index (χ0n) is 12.5. The average Bonchev–Trinajstić information content (AvgIpc) is 2.79. The first-order valence-electron chi connectivity index (χ1n) is 7.55. The summed E-state index contributed by atoms with van der Waals surface area (Å²) in [6, 6.07) is 0. The number of nitrogens with zero attached hydrogens (tertiary/aromatic N) is 4. The summed E-state index contributed by atoms with van der Waals surface area (Å²) in [7, 11) is 0. The van der Waals surface area contributed by atoms with Crippen LogP contribution in [0.15, 0.2) is 18.6 Å². The summed E-state index contributed by atoms with van der Waals surface area (Å²) >= 11 is 0. The normalized spacial score (nSPS) is 15.7. The molecule has 114 valence electrons. The van der Waals surface area contributed by atoms with Crippen molar-refractivity contribution in [3.8, 4) is 0 Å². The maximum Gasteiger partial charge on any atom is 0.274 e. The van der Waals surface area contributed by atoms with Crippen molar-refractivity contribution >= 4 is 11.8 Å². The molecular weight excluding hydrogens is 268 g/mol. The highest BCUT2D eigenvalue weighted by Gasteiger charge is 2.23. The topological polar surface area (TPSA) is 66.4 Å². The number of hydrogen-bond donors (Lipinski definition) is 0. The Morgan fingerprint density at radius 1 is 1.14 bits per heavy atom. The predicted octanol–water partition coefficient (Wildman–Crippen LogP) is 1.34. The van der Waals surface area contributed by atoms with Gasteiger partial charge in [0.15, 0.2) is 0 Å². The van der Waals surface area contributed by atoms with Crippen LogP contribution in [-0.4, -0.2) is 57.8 Å². The third-order valence-corrected chi connectivity index (χ3v) is 3.66. The fraction of sp³-hybridized carbons (Fsp3) is 0.600. The summed E-state index contributed by atoms with van der Waals surface area (Å²) in [5.74, 6) is 0.0941. The Hall–Kier alpha value is -1.98. The molecule has 0 unspecified atom stereocenters. The molecule has 0 bridgehead atoms. The van der Waals surface area contributed by atoms with Gasteiger partial charge in [0.25, 0.3) is 5.91 Å². The lowest BCUT2D eigenvalue weighted by Gasteiger charge is -2.22. The highest BCUT2D eigenvalue weighted by molar-refractivity contribution is 5.92. The summed E-state index contributed by atoms with van der Waals surface area (Å²) in [6.07, 6.45) is 7.92. The van der Waals surface area contributed by atoms with Crippen LogP contribution in [0.1, 0.15) is 43.1 Å². The van der Waals surface area contributed by atoms with Crippen molar-refractivity contribution in [3.05, 3.63) is 24.3 Å². The number of unbranched alkanes of at least 4 members (excludes halogenated alkanes) is 1. The molecule has 0 radical (unpaired) electrons. The molecule has 2 rings (SSSR count). The van der Waals surface area contributed by atoms with E-state index in [1.165, 1.54) is 12.4 Å². The van der Waals surface area contributed by atoms with Gasteiger partial charge in [0.1, 0.15) is 5.69 Å². The van der Waals surface area contributed by atoms with E-state index in [1.807, 2.05) is 4.90 Å². The Morgan fingerprint density at radius 2 is 1.90 bits per heavy atom. The van der Waals surface area contributed by atoms with Gasteiger partial charge >= 0.3 is 0 Å². The minimum Gasteiger partial charge on any atom is -0.341 e. The Kier molecular flexibility index (Phi) is 5.66. The fourth-order valence-corrected chi connectivity index (χ4v) is 2.43. The number of aromatic nitrogens is 2. The molecule has 0 N–H and O–H groups in total. The van der Waals surface area contributed by atoms with Crippen LogP contribution >= 0.6 is 0 Å². The largest absolute Gasteiger partial charge is 0.341 e. The summed E-state index contributed by atoms with van der Waals surface area (Å²) in [6.45, 7) is 4.64. The maximum atomic E-state index is 12.3. The van der Waals surface area contributed by atoms with E-state index in [0.717, 1.165) is 25.8 Å². The first-order valence-corrected chi connectivity index (χ1v) is 7.55. The van der Waals surface area contributed by atoms with Gasteiger partial charge in [-0.05, 0) is 12.8 Å². The zero-order chi connectivity index (χ0) is 15.1. The van der Waals surface area contributed by atoms with E-state index in [9.17, 15) is 9.59 Å². The van der Waals surface area contributed by atoms with Crippen LogP contribution in [0.25, 0.3) is 0 Å². The highest BCUT2D eigenvalue weighted by atomic mass is 16.2. The third kappa shape index (κ3) is 4.24. The molecule has 0 aromatic carbocycles. The van der Waals surface area contributed by atoms with E-state index >= 15 is 0 Å². The average molecular weight is 290 g/mol. The molecule has 1 aromatic heterocycles. The Balaban J connectivity index is 1.91. The van der Waals surface area contributed by atoms with E-state index in [1.54, 1.807) is 11.1 Å². The number of carbonyl (C=O) groups excluding carboxylic acids is 2. The summed E-state index contributed by atoms with van der Waals surface area (Å²) in [5.41, 5.74) is 0.364. The van der Waals surface area contributed by atoms with E-state index in [2.05, 4.69) is 16.9 Å². The van der Waals surface area contributed by atoms with Crippen LogP contribution in [0.2, 0.25) is 0 Å². The molecule has 0 aliphatic carbocycles. The summed E-state index contributed by atoms with van der Waals surface area (Å²) < 4.78 is 0. The van der Waals surface area contributed by atoms with Crippen LogP contribution in [0.5, 0.6) is 0 Å². The molecule has 21 heavy (non-hydrogen) atoms. The third-order valence-electron chi connectivity index (χ3n) is 3.66. The molecular formula is C15H22N4O2. The lowest BCUT2D eigenvalue weighted by atomic mass is 10.2. The van der Waals surface area contributed by atoms with Crippen molar-refractivity contribution in [3.63, 3.8) is 0 Å². The minimum atomic E-state index is -0.106. The lowest BCUT2D eigenvalue weighted by Crippen LogP contribution is -2.37. The van der Waals surface area contributed by atoms with Crippen LogP contribution in [0, 0.1) is 0 Å². The van der Waals surface area contributed by atoms with Gasteiger partial charge in [-0.15, -0.1) is 0 Å². The Labute approximate surface area is 125 Å². The first-order chi connectivity index (χ1) is 10.2. The molecule has 0 atom stereocenters. The molecule has 0 saturated carbocycles.